The topological polar surface area (TPSA) is 68.7 Å². The largest absolute Gasteiger partial charge is 0.482 e. The van der Waals surface area contributed by atoms with Crippen molar-refractivity contribution in [1.82, 2.24) is 4.98 Å². The molecule has 3 rings (SSSR count). The molecule has 0 amide bonds. The first-order chi connectivity index (χ1) is 11.1. The Labute approximate surface area is 133 Å². The van der Waals surface area contributed by atoms with Crippen LogP contribution in [-0.2, 0) is 4.79 Å². The highest BCUT2D eigenvalue weighted by molar-refractivity contribution is 5.79. The number of hydrogen-bond acceptors (Lipinski definition) is 4. The van der Waals surface area contributed by atoms with Gasteiger partial charge in [-0.3, -0.25) is 0 Å². The quantitative estimate of drug-likeness (QED) is 0.776. The monoisotopic (exact) mass is 309 g/mol. The summed E-state index contributed by atoms with van der Waals surface area (Å²) in [6.07, 6.45) is 0. The Kier molecular flexibility index (Phi) is 4.10. The van der Waals surface area contributed by atoms with E-state index in [0.29, 0.717) is 17.4 Å². The molecule has 3 aromatic rings. The second-order valence-corrected chi connectivity index (χ2v) is 5.10. The molecule has 0 saturated carbocycles. The molecule has 0 aliphatic heterocycles. The second kappa shape index (κ2) is 6.36. The van der Waals surface area contributed by atoms with Crippen molar-refractivity contribution in [2.45, 2.75) is 6.92 Å². The van der Waals surface area contributed by atoms with Crippen molar-refractivity contribution >= 4 is 16.9 Å². The Bertz CT molecular complexity index is 843. The molecule has 1 heterocycles. The molecule has 0 unspecified atom stereocenters. The summed E-state index contributed by atoms with van der Waals surface area (Å²) in [7, 11) is 0. The number of rotatable bonds is 5. The maximum absolute atomic E-state index is 10.5. The number of carbonyl (C=O) groups is 1. The summed E-state index contributed by atoms with van der Waals surface area (Å²) in [5.74, 6) is 0.567. The van der Waals surface area contributed by atoms with Gasteiger partial charge in [0.2, 0.25) is 5.88 Å². The number of aryl methyl sites for hydroxylation is 1. The Hall–Kier alpha value is -3.08. The Morgan fingerprint density at radius 2 is 1.74 bits per heavy atom. The molecular weight excluding hydrogens is 294 g/mol. The van der Waals surface area contributed by atoms with Crippen LogP contribution in [0.1, 0.15) is 5.56 Å². The van der Waals surface area contributed by atoms with Gasteiger partial charge >= 0.3 is 5.97 Å². The van der Waals surface area contributed by atoms with Crippen molar-refractivity contribution in [3.8, 4) is 17.4 Å². The van der Waals surface area contributed by atoms with Gasteiger partial charge in [0.15, 0.2) is 6.61 Å². The van der Waals surface area contributed by atoms with Crippen LogP contribution >= 0.6 is 0 Å². The molecular formula is C18H15NO4. The molecule has 0 bridgehead atoms. The van der Waals surface area contributed by atoms with Gasteiger partial charge in [0, 0.05) is 11.5 Å². The first kappa shape index (κ1) is 14.8. The molecule has 0 aliphatic rings. The molecule has 0 aliphatic carbocycles. The van der Waals surface area contributed by atoms with E-state index in [0.717, 1.165) is 16.5 Å². The van der Waals surface area contributed by atoms with E-state index in [2.05, 4.69) is 4.98 Å². The number of hydrogen-bond donors (Lipinski definition) is 1. The Morgan fingerprint density at radius 1 is 1.04 bits per heavy atom. The number of aromatic nitrogens is 1. The first-order valence-electron chi connectivity index (χ1n) is 7.10. The molecule has 1 N–H and O–H groups in total. The van der Waals surface area contributed by atoms with Crippen molar-refractivity contribution in [3.05, 3.63) is 60.2 Å². The van der Waals surface area contributed by atoms with Gasteiger partial charge in [-0.05, 0) is 48.9 Å². The molecule has 5 nitrogen and oxygen atoms in total. The zero-order chi connectivity index (χ0) is 16.2. The van der Waals surface area contributed by atoms with E-state index in [-0.39, 0.29) is 6.61 Å². The van der Waals surface area contributed by atoms with Crippen LogP contribution in [0.15, 0.2) is 54.6 Å². The summed E-state index contributed by atoms with van der Waals surface area (Å²) in [4.78, 5) is 14.9. The molecule has 2 aromatic carbocycles. The van der Waals surface area contributed by atoms with Crippen LogP contribution in [0.25, 0.3) is 10.9 Å². The standard InChI is InChI=1S/C18H15NO4/c1-12-2-3-13-4-9-17(19-16(13)10-12)23-15-7-5-14(6-8-15)22-11-18(20)21/h2-10H,11H2,1H3,(H,20,21). The molecule has 116 valence electrons. The van der Waals surface area contributed by atoms with Crippen LogP contribution in [-0.4, -0.2) is 22.7 Å². The van der Waals surface area contributed by atoms with Crippen molar-refractivity contribution in [2.24, 2.45) is 0 Å². The average molecular weight is 309 g/mol. The summed E-state index contributed by atoms with van der Waals surface area (Å²) < 4.78 is 10.8. The third kappa shape index (κ3) is 3.77. The van der Waals surface area contributed by atoms with Crippen LogP contribution in [0, 0.1) is 6.92 Å². The summed E-state index contributed by atoms with van der Waals surface area (Å²) in [5, 5.41) is 9.63. The fourth-order valence-corrected chi connectivity index (χ4v) is 2.14. The molecule has 23 heavy (non-hydrogen) atoms. The summed E-state index contributed by atoms with van der Waals surface area (Å²) in [6, 6.07) is 16.6. The fourth-order valence-electron chi connectivity index (χ4n) is 2.14. The summed E-state index contributed by atoms with van der Waals surface area (Å²) >= 11 is 0. The van der Waals surface area contributed by atoms with Gasteiger partial charge < -0.3 is 14.6 Å². The maximum atomic E-state index is 10.5. The number of benzene rings is 2. The second-order valence-electron chi connectivity index (χ2n) is 5.10. The minimum Gasteiger partial charge on any atom is -0.482 e. The molecule has 0 radical (unpaired) electrons. The number of aliphatic carboxylic acids is 1. The predicted molar refractivity (Wildman–Crippen MR) is 86.1 cm³/mol. The van der Waals surface area contributed by atoms with Gasteiger partial charge in [-0.25, -0.2) is 9.78 Å². The maximum Gasteiger partial charge on any atom is 0.341 e. The SMILES string of the molecule is Cc1ccc2ccc(Oc3ccc(OCC(=O)O)cc3)nc2c1. The minimum atomic E-state index is -1.01. The van der Waals surface area contributed by atoms with Crippen LogP contribution in [0.3, 0.4) is 0 Å². The molecule has 0 saturated heterocycles. The third-order valence-corrected chi connectivity index (χ3v) is 3.23. The van der Waals surface area contributed by atoms with E-state index < -0.39 is 5.97 Å². The summed E-state index contributed by atoms with van der Waals surface area (Å²) in [5.41, 5.74) is 2.02. The molecule has 0 spiro atoms. The molecule has 0 atom stereocenters. The van der Waals surface area contributed by atoms with Gasteiger partial charge in [0.25, 0.3) is 0 Å². The average Bonchev–Trinajstić information content (AvgIpc) is 2.54. The highest BCUT2D eigenvalue weighted by Crippen LogP contribution is 2.24. The lowest BCUT2D eigenvalue weighted by molar-refractivity contribution is -0.139. The van der Waals surface area contributed by atoms with Crippen molar-refractivity contribution in [2.75, 3.05) is 6.61 Å². The van der Waals surface area contributed by atoms with Gasteiger partial charge in [-0.1, -0.05) is 12.1 Å². The Balaban J connectivity index is 1.75. The molecule has 5 heteroatoms. The first-order valence-corrected chi connectivity index (χ1v) is 7.10. The van der Waals surface area contributed by atoms with Crippen LogP contribution in [0.5, 0.6) is 17.4 Å². The lowest BCUT2D eigenvalue weighted by Crippen LogP contribution is -2.09. The highest BCUT2D eigenvalue weighted by Gasteiger charge is 2.03. The zero-order valence-electron chi connectivity index (χ0n) is 12.5. The number of carboxylic acids is 1. The third-order valence-electron chi connectivity index (χ3n) is 3.23. The van der Waals surface area contributed by atoms with Crippen molar-refractivity contribution < 1.29 is 19.4 Å². The van der Waals surface area contributed by atoms with Crippen molar-refractivity contribution in [1.29, 1.82) is 0 Å². The van der Waals surface area contributed by atoms with Gasteiger partial charge in [-0.2, -0.15) is 0 Å². The van der Waals surface area contributed by atoms with Crippen LogP contribution in [0.4, 0.5) is 0 Å². The van der Waals surface area contributed by atoms with E-state index in [1.165, 1.54) is 0 Å². The zero-order valence-corrected chi connectivity index (χ0v) is 12.5. The lowest BCUT2D eigenvalue weighted by atomic mass is 10.1. The van der Waals surface area contributed by atoms with E-state index in [9.17, 15) is 4.79 Å². The highest BCUT2D eigenvalue weighted by atomic mass is 16.5. The number of fused-ring (bicyclic) bond motifs is 1. The molecule has 0 fully saturated rings. The van der Waals surface area contributed by atoms with Crippen LogP contribution in [0.2, 0.25) is 0 Å². The lowest BCUT2D eigenvalue weighted by Gasteiger charge is -2.07. The van der Waals surface area contributed by atoms with E-state index in [1.54, 1.807) is 24.3 Å². The summed E-state index contributed by atoms with van der Waals surface area (Å²) in [6.45, 7) is 1.65. The molecule has 1 aromatic heterocycles. The van der Waals surface area contributed by atoms with E-state index in [4.69, 9.17) is 14.6 Å². The number of carboxylic acid groups (broad SMARTS) is 1. The van der Waals surface area contributed by atoms with Gasteiger partial charge in [0.1, 0.15) is 11.5 Å². The number of ether oxygens (including phenoxy) is 2. The van der Waals surface area contributed by atoms with E-state index in [1.807, 2.05) is 37.3 Å². The van der Waals surface area contributed by atoms with Crippen molar-refractivity contribution in [3.63, 3.8) is 0 Å². The van der Waals surface area contributed by atoms with Gasteiger partial charge in [-0.15, -0.1) is 0 Å². The number of nitrogens with zero attached hydrogens (tertiary/aromatic N) is 1. The van der Waals surface area contributed by atoms with E-state index >= 15 is 0 Å². The fraction of sp³-hybridized carbons (Fsp3) is 0.111. The predicted octanol–water partition coefficient (Wildman–Crippen LogP) is 3.80. The normalized spacial score (nSPS) is 10.5. The van der Waals surface area contributed by atoms with Gasteiger partial charge in [0.05, 0.1) is 5.52 Å². The Morgan fingerprint density at radius 3 is 2.48 bits per heavy atom. The van der Waals surface area contributed by atoms with Crippen LogP contribution < -0.4 is 9.47 Å². The smallest absolute Gasteiger partial charge is 0.341 e. The minimum absolute atomic E-state index is 0.369. The number of pyridine rings is 1.